The van der Waals surface area contributed by atoms with Crippen LogP contribution < -0.4 is 24.8 Å². The molecule has 32 heavy (non-hydrogen) atoms. The third-order valence-electron chi connectivity index (χ3n) is 5.40. The van der Waals surface area contributed by atoms with Crippen LogP contribution in [0.2, 0.25) is 0 Å². The van der Waals surface area contributed by atoms with E-state index in [0.29, 0.717) is 5.92 Å². The summed E-state index contributed by atoms with van der Waals surface area (Å²) in [5.74, 6) is 0.551. The molecule has 0 N–H and O–H groups in total. The number of hydrogen-bond donors (Lipinski definition) is 0. The van der Waals surface area contributed by atoms with Crippen LogP contribution in [0.4, 0.5) is 0 Å². The first kappa shape index (κ1) is 28.5. The summed E-state index contributed by atoms with van der Waals surface area (Å²) in [6.07, 6.45) is 6.57. The van der Waals surface area contributed by atoms with Crippen molar-refractivity contribution < 1.29 is 49.0 Å². The van der Waals surface area contributed by atoms with Crippen molar-refractivity contribution in [2.45, 2.75) is 34.1 Å². The third kappa shape index (κ3) is 7.81. The minimum atomic E-state index is 0. The molecule has 0 radical (unpaired) electrons. The number of benzene rings is 3. The van der Waals surface area contributed by atoms with Crippen molar-refractivity contribution in [3.63, 3.8) is 0 Å². The maximum Gasteiger partial charge on any atom is -0.0253 e. The van der Waals surface area contributed by atoms with E-state index in [1.165, 1.54) is 68.8 Å². The molecular formula is C29H28Cl2Zr-2. The fraction of sp³-hybridized carbons (Fsp3) is 0.207. The molecule has 2 aliphatic carbocycles. The number of halogens is 2. The van der Waals surface area contributed by atoms with E-state index in [9.17, 15) is 0 Å². The van der Waals surface area contributed by atoms with E-state index in [4.69, 9.17) is 0 Å². The molecule has 0 saturated heterocycles. The zero-order valence-electron chi connectivity index (χ0n) is 19.0. The SMILES string of the molecule is CC1=[C-]C(C)C=C1C.Cc1ccc([CH]=[Zr+2])cc1.[Cl-].[Cl-].[c-]1cccc2c1Cc1ccccc1-2. The van der Waals surface area contributed by atoms with Gasteiger partial charge in [0.15, 0.2) is 0 Å². The molecule has 0 amide bonds. The summed E-state index contributed by atoms with van der Waals surface area (Å²) < 4.78 is 2.19. The number of fused-ring (bicyclic) bond motifs is 3. The van der Waals surface area contributed by atoms with Crippen LogP contribution >= 0.6 is 0 Å². The van der Waals surface area contributed by atoms with Gasteiger partial charge in [0.05, 0.1) is 0 Å². The molecule has 0 bridgehead atoms. The summed E-state index contributed by atoms with van der Waals surface area (Å²) in [5.41, 5.74) is 10.9. The van der Waals surface area contributed by atoms with E-state index in [2.05, 4.69) is 110 Å². The molecule has 164 valence electrons. The van der Waals surface area contributed by atoms with Crippen molar-refractivity contribution in [2.75, 3.05) is 0 Å². The van der Waals surface area contributed by atoms with Gasteiger partial charge in [-0.25, -0.2) is 11.1 Å². The largest absolute Gasteiger partial charge is 1.00 e. The predicted octanol–water partition coefficient (Wildman–Crippen LogP) is 1.09. The topological polar surface area (TPSA) is 0 Å². The zero-order valence-corrected chi connectivity index (χ0v) is 23.0. The van der Waals surface area contributed by atoms with Gasteiger partial charge in [-0.15, -0.1) is 12.5 Å². The smallest absolute Gasteiger partial charge is 0.0253 e. The molecule has 2 aliphatic rings. The Kier molecular flexibility index (Phi) is 12.4. The van der Waals surface area contributed by atoms with Gasteiger partial charge < -0.3 is 24.8 Å². The van der Waals surface area contributed by atoms with Gasteiger partial charge in [-0.1, -0.05) is 55.2 Å². The molecule has 3 heteroatoms. The Morgan fingerprint density at radius 2 is 1.53 bits per heavy atom. The quantitative estimate of drug-likeness (QED) is 0.319. The molecule has 3 aromatic rings. The van der Waals surface area contributed by atoms with Crippen molar-refractivity contribution in [2.24, 2.45) is 5.92 Å². The van der Waals surface area contributed by atoms with Crippen LogP contribution in [0.15, 0.2) is 84.0 Å². The van der Waals surface area contributed by atoms with Gasteiger partial charge in [-0.3, -0.25) is 6.08 Å². The normalized spacial score (nSPS) is 14.5. The second-order valence-corrected chi connectivity index (χ2v) is 8.57. The molecule has 0 aliphatic heterocycles. The average Bonchev–Trinajstić information content (AvgIpc) is 3.28. The first-order valence-corrected chi connectivity index (χ1v) is 11.8. The van der Waals surface area contributed by atoms with Crippen LogP contribution in [-0.4, -0.2) is 3.71 Å². The molecule has 0 fully saturated rings. The van der Waals surface area contributed by atoms with Gasteiger partial charge in [0.2, 0.25) is 0 Å². The Balaban J connectivity index is 0.000000242. The fourth-order valence-electron chi connectivity index (χ4n) is 3.66. The summed E-state index contributed by atoms with van der Waals surface area (Å²) >= 11 is 1.47. The van der Waals surface area contributed by atoms with Crippen LogP contribution in [0.5, 0.6) is 0 Å². The maximum absolute atomic E-state index is 3.30. The van der Waals surface area contributed by atoms with Crippen LogP contribution in [0.3, 0.4) is 0 Å². The number of hydrogen-bond acceptors (Lipinski definition) is 0. The van der Waals surface area contributed by atoms with Crippen molar-refractivity contribution in [3.05, 3.63) is 118 Å². The fourth-order valence-corrected chi connectivity index (χ4v) is 4.13. The first-order valence-electron chi connectivity index (χ1n) is 10.4. The van der Waals surface area contributed by atoms with E-state index in [0.717, 1.165) is 6.42 Å². The summed E-state index contributed by atoms with van der Waals surface area (Å²) in [4.78, 5) is 0. The van der Waals surface area contributed by atoms with E-state index in [1.54, 1.807) is 0 Å². The molecule has 0 saturated carbocycles. The molecule has 5 rings (SSSR count). The van der Waals surface area contributed by atoms with Crippen LogP contribution in [-0.2, 0) is 30.7 Å². The Labute approximate surface area is 221 Å². The van der Waals surface area contributed by atoms with E-state index in [1.807, 2.05) is 6.07 Å². The number of rotatable bonds is 1. The summed E-state index contributed by atoms with van der Waals surface area (Å²) in [7, 11) is 0. The van der Waals surface area contributed by atoms with Gasteiger partial charge in [0.1, 0.15) is 0 Å². The van der Waals surface area contributed by atoms with Gasteiger partial charge in [-0.2, -0.15) is 35.9 Å². The minimum Gasteiger partial charge on any atom is -1.00 e. The third-order valence-corrected chi connectivity index (χ3v) is 6.22. The van der Waals surface area contributed by atoms with Crippen molar-refractivity contribution in [3.8, 4) is 11.1 Å². The van der Waals surface area contributed by atoms with Gasteiger partial charge in [0, 0.05) is 0 Å². The molecule has 0 spiro atoms. The Hall–Kier alpha value is -1.53. The molecule has 3 aromatic carbocycles. The average molecular weight is 539 g/mol. The molecule has 1 unspecified atom stereocenters. The Morgan fingerprint density at radius 3 is 2.09 bits per heavy atom. The second kappa shape index (κ2) is 13.9. The van der Waals surface area contributed by atoms with Crippen molar-refractivity contribution in [1.82, 2.24) is 0 Å². The summed E-state index contributed by atoms with van der Waals surface area (Å²) in [6, 6.07) is 26.7. The van der Waals surface area contributed by atoms with Gasteiger partial charge in [0.25, 0.3) is 0 Å². The molecule has 1 atom stereocenters. The monoisotopic (exact) mass is 536 g/mol. The molecule has 0 nitrogen and oxygen atoms in total. The predicted molar refractivity (Wildman–Crippen MR) is 125 cm³/mol. The second-order valence-electron chi connectivity index (χ2n) is 7.86. The maximum atomic E-state index is 3.30. The molecule has 0 heterocycles. The first-order chi connectivity index (χ1) is 14.5. The van der Waals surface area contributed by atoms with Crippen molar-refractivity contribution in [1.29, 1.82) is 0 Å². The summed E-state index contributed by atoms with van der Waals surface area (Å²) in [5, 5.41) is 0. The summed E-state index contributed by atoms with van der Waals surface area (Å²) in [6.45, 7) is 8.49. The van der Waals surface area contributed by atoms with E-state index in [-0.39, 0.29) is 24.8 Å². The zero-order chi connectivity index (χ0) is 21.5. The molecule has 0 aromatic heterocycles. The van der Waals surface area contributed by atoms with Crippen molar-refractivity contribution >= 4 is 3.71 Å². The van der Waals surface area contributed by atoms with Gasteiger partial charge in [-0.05, 0) is 6.42 Å². The number of aryl methyl sites for hydroxylation is 1. The standard InChI is InChI=1S/C13H9.C8H11.C8H8.2ClH.Zr/c1-3-7-12-10(5-1)9-11-6-2-4-8-13(11)12;1-6-4-7(2)8(3)5-6;1-7-3-5-8(2)6-4-7;;;/h1-5,7-8H,9H2;4,6H,1-3H3;1,3-6H,2H3;2*1H;/q2*-1;;;;+2/p-2. The Bertz CT molecular complexity index is 1020. The molecular weight excluding hydrogens is 510 g/mol. The van der Waals surface area contributed by atoms with E-state index < -0.39 is 0 Å². The Morgan fingerprint density at radius 1 is 0.875 bits per heavy atom. The van der Waals surface area contributed by atoms with Crippen LogP contribution in [0, 0.1) is 25.0 Å². The minimum absolute atomic E-state index is 0. The van der Waals surface area contributed by atoms with Crippen LogP contribution in [0.1, 0.15) is 43.0 Å². The van der Waals surface area contributed by atoms with Gasteiger partial charge >= 0.3 is 70.3 Å². The van der Waals surface area contributed by atoms with E-state index >= 15 is 0 Å². The van der Waals surface area contributed by atoms with Crippen LogP contribution in [0.25, 0.3) is 11.1 Å². The number of allylic oxidation sites excluding steroid dienone is 4.